The highest BCUT2D eigenvalue weighted by atomic mass is 35.5. The first-order chi connectivity index (χ1) is 6.68. The Morgan fingerprint density at radius 2 is 1.93 bits per heavy atom. The van der Waals surface area contributed by atoms with Crippen LogP contribution in [-0.4, -0.2) is 14.6 Å². The van der Waals surface area contributed by atoms with E-state index in [0.717, 1.165) is 16.9 Å². The molecule has 3 nitrogen and oxygen atoms in total. The van der Waals surface area contributed by atoms with Crippen molar-refractivity contribution in [2.45, 2.75) is 27.7 Å². The molecule has 0 spiro atoms. The molecule has 0 aliphatic carbocycles. The largest absolute Gasteiger partial charge is 0.219 e. The van der Waals surface area contributed by atoms with Crippen molar-refractivity contribution in [1.29, 1.82) is 0 Å². The summed E-state index contributed by atoms with van der Waals surface area (Å²) in [6, 6.07) is 1.79. The predicted octanol–water partition coefficient (Wildman–Crippen LogP) is 3.03. The Bertz CT molecular complexity index is 434. The topological polar surface area (TPSA) is 30.2 Å². The van der Waals surface area contributed by atoms with Crippen molar-refractivity contribution in [3.8, 4) is 0 Å². The summed E-state index contributed by atoms with van der Waals surface area (Å²) in [5.41, 5.74) is 2.87. The van der Waals surface area contributed by atoms with Crippen LogP contribution < -0.4 is 0 Å². The van der Waals surface area contributed by atoms with Gasteiger partial charge in [-0.2, -0.15) is 5.10 Å². The summed E-state index contributed by atoms with van der Waals surface area (Å²) in [4.78, 5) is 4.16. The monoisotopic (exact) mass is 211 g/mol. The second-order valence-corrected chi connectivity index (χ2v) is 3.17. The van der Waals surface area contributed by atoms with Crippen LogP contribution in [0.1, 0.15) is 25.1 Å². The van der Waals surface area contributed by atoms with Crippen molar-refractivity contribution in [3.05, 3.63) is 28.7 Å². The van der Waals surface area contributed by atoms with Crippen LogP contribution in [0.4, 0.5) is 0 Å². The van der Waals surface area contributed by atoms with Crippen molar-refractivity contribution in [1.82, 2.24) is 14.6 Å². The van der Waals surface area contributed by atoms with Gasteiger partial charge in [-0.1, -0.05) is 25.4 Å². The van der Waals surface area contributed by atoms with Crippen molar-refractivity contribution < 1.29 is 0 Å². The highest BCUT2D eigenvalue weighted by molar-refractivity contribution is 6.29. The molecule has 0 amide bonds. The van der Waals surface area contributed by atoms with E-state index in [-0.39, 0.29) is 0 Å². The maximum absolute atomic E-state index is 5.80. The van der Waals surface area contributed by atoms with Crippen LogP contribution in [0.2, 0.25) is 5.15 Å². The van der Waals surface area contributed by atoms with E-state index in [4.69, 9.17) is 11.6 Å². The van der Waals surface area contributed by atoms with Gasteiger partial charge in [-0.05, 0) is 19.9 Å². The summed E-state index contributed by atoms with van der Waals surface area (Å²) in [6.07, 6.45) is 1.78. The normalized spacial score (nSPS) is 9.79. The maximum Gasteiger partial charge on any atom is 0.159 e. The summed E-state index contributed by atoms with van der Waals surface area (Å²) in [5, 5.41) is 4.67. The average molecular weight is 212 g/mol. The summed E-state index contributed by atoms with van der Waals surface area (Å²) in [7, 11) is 0. The Kier molecular flexibility index (Phi) is 3.47. The molecule has 2 heterocycles. The second kappa shape index (κ2) is 4.42. The van der Waals surface area contributed by atoms with Gasteiger partial charge in [0.05, 0.1) is 6.20 Å². The SMILES string of the molecule is CC.Cc1cnn2c(C)cc(Cl)nc12. The van der Waals surface area contributed by atoms with Gasteiger partial charge < -0.3 is 0 Å². The fourth-order valence-electron chi connectivity index (χ4n) is 1.18. The molecule has 14 heavy (non-hydrogen) atoms. The molecule has 2 aromatic rings. The lowest BCUT2D eigenvalue weighted by Gasteiger charge is -1.98. The molecule has 0 radical (unpaired) electrons. The summed E-state index contributed by atoms with van der Waals surface area (Å²) in [6.45, 7) is 7.91. The number of nitrogens with zero attached hydrogens (tertiary/aromatic N) is 3. The van der Waals surface area contributed by atoms with Gasteiger partial charge in [0.1, 0.15) is 5.15 Å². The van der Waals surface area contributed by atoms with Crippen LogP contribution >= 0.6 is 11.6 Å². The van der Waals surface area contributed by atoms with Gasteiger partial charge in [0.15, 0.2) is 5.65 Å². The van der Waals surface area contributed by atoms with Crippen LogP contribution in [0, 0.1) is 13.8 Å². The molecule has 0 fully saturated rings. The fourth-order valence-corrected chi connectivity index (χ4v) is 1.42. The van der Waals surface area contributed by atoms with Gasteiger partial charge in [0.25, 0.3) is 0 Å². The summed E-state index contributed by atoms with van der Waals surface area (Å²) < 4.78 is 1.78. The van der Waals surface area contributed by atoms with Gasteiger partial charge in [0, 0.05) is 11.3 Å². The van der Waals surface area contributed by atoms with Crippen LogP contribution in [0.5, 0.6) is 0 Å². The van der Waals surface area contributed by atoms with E-state index < -0.39 is 0 Å². The maximum atomic E-state index is 5.80. The first-order valence-electron chi connectivity index (χ1n) is 4.66. The van der Waals surface area contributed by atoms with Crippen LogP contribution in [0.3, 0.4) is 0 Å². The van der Waals surface area contributed by atoms with Crippen LogP contribution in [-0.2, 0) is 0 Å². The van der Waals surface area contributed by atoms with Gasteiger partial charge in [0.2, 0.25) is 0 Å². The van der Waals surface area contributed by atoms with E-state index in [1.807, 2.05) is 27.7 Å². The second-order valence-electron chi connectivity index (χ2n) is 2.78. The lowest BCUT2D eigenvalue weighted by atomic mass is 10.4. The Labute approximate surface area is 88.7 Å². The van der Waals surface area contributed by atoms with E-state index in [9.17, 15) is 0 Å². The average Bonchev–Trinajstić information content (AvgIpc) is 2.52. The zero-order chi connectivity index (χ0) is 10.7. The van der Waals surface area contributed by atoms with E-state index in [0.29, 0.717) is 5.15 Å². The lowest BCUT2D eigenvalue weighted by Crippen LogP contribution is -1.95. The molecule has 2 aromatic heterocycles. The minimum Gasteiger partial charge on any atom is -0.219 e. The van der Waals surface area contributed by atoms with Gasteiger partial charge in [-0.15, -0.1) is 0 Å². The standard InChI is InChI=1S/C8H8ClN3.C2H6/c1-5-4-10-12-6(2)3-7(9)11-8(5)12;1-2/h3-4H,1-2H3;1-2H3. The van der Waals surface area contributed by atoms with Crippen LogP contribution in [0.15, 0.2) is 12.3 Å². The first-order valence-corrected chi connectivity index (χ1v) is 5.04. The molecule has 0 aliphatic heterocycles. The third-order valence-corrected chi connectivity index (χ3v) is 1.99. The molecule has 0 unspecified atom stereocenters. The molecule has 4 heteroatoms. The van der Waals surface area contributed by atoms with E-state index >= 15 is 0 Å². The van der Waals surface area contributed by atoms with Crippen molar-refractivity contribution in [3.63, 3.8) is 0 Å². The summed E-state index contributed by atoms with van der Waals surface area (Å²) >= 11 is 5.80. The zero-order valence-corrected chi connectivity index (χ0v) is 9.63. The van der Waals surface area contributed by atoms with Gasteiger partial charge in [-0.3, -0.25) is 0 Å². The third-order valence-electron chi connectivity index (χ3n) is 1.79. The minimum atomic E-state index is 0.517. The van der Waals surface area contributed by atoms with Gasteiger partial charge >= 0.3 is 0 Å². The third kappa shape index (κ3) is 1.87. The minimum absolute atomic E-state index is 0.517. The van der Waals surface area contributed by atoms with Gasteiger partial charge in [-0.25, -0.2) is 9.50 Å². The van der Waals surface area contributed by atoms with Crippen molar-refractivity contribution in [2.75, 3.05) is 0 Å². The molecule has 0 saturated heterocycles. The summed E-state index contributed by atoms with van der Waals surface area (Å²) in [5.74, 6) is 0. The van der Waals surface area contributed by atoms with Crippen molar-refractivity contribution >= 4 is 17.2 Å². The molecule has 76 valence electrons. The van der Waals surface area contributed by atoms with Crippen LogP contribution in [0.25, 0.3) is 5.65 Å². The van der Waals surface area contributed by atoms with E-state index in [1.54, 1.807) is 16.8 Å². The molecule has 0 bridgehead atoms. The number of halogens is 1. The quantitative estimate of drug-likeness (QED) is 0.627. The predicted molar refractivity (Wildman–Crippen MR) is 58.8 cm³/mol. The highest BCUT2D eigenvalue weighted by Crippen LogP contribution is 2.13. The molecule has 2 rings (SSSR count). The fraction of sp³-hybridized carbons (Fsp3) is 0.400. The number of hydrogen-bond donors (Lipinski definition) is 0. The molecular weight excluding hydrogens is 198 g/mol. The Balaban J connectivity index is 0.000000461. The number of aromatic nitrogens is 3. The number of aryl methyl sites for hydroxylation is 2. The molecule has 0 aliphatic rings. The zero-order valence-electron chi connectivity index (χ0n) is 8.87. The number of fused-ring (bicyclic) bond motifs is 1. The Morgan fingerprint density at radius 1 is 1.29 bits per heavy atom. The van der Waals surface area contributed by atoms with Crippen molar-refractivity contribution in [2.24, 2.45) is 0 Å². The smallest absolute Gasteiger partial charge is 0.159 e. The Morgan fingerprint density at radius 3 is 2.57 bits per heavy atom. The molecular formula is C10H14ClN3. The number of hydrogen-bond acceptors (Lipinski definition) is 2. The molecule has 0 atom stereocenters. The van der Waals surface area contributed by atoms with E-state index in [1.165, 1.54) is 0 Å². The molecule has 0 saturated carbocycles. The molecule has 0 aromatic carbocycles. The lowest BCUT2D eigenvalue weighted by molar-refractivity contribution is 0.895. The molecule has 0 N–H and O–H groups in total. The first kappa shape index (κ1) is 11.0. The number of rotatable bonds is 0. The highest BCUT2D eigenvalue weighted by Gasteiger charge is 2.03. The Hall–Kier alpha value is -1.09. The van der Waals surface area contributed by atoms with E-state index in [2.05, 4.69) is 10.1 Å².